The Balaban J connectivity index is 2.15. The Labute approximate surface area is 121 Å². The normalized spacial score (nSPS) is 23.8. The van der Waals surface area contributed by atoms with Crippen LogP contribution in [-0.4, -0.2) is 38.4 Å². The number of carbonyl (C=O) groups is 1. The number of hydrogen-bond acceptors (Lipinski definition) is 11. The highest BCUT2D eigenvalue weighted by Gasteiger charge is 2.49. The van der Waals surface area contributed by atoms with E-state index in [1.54, 1.807) is 0 Å². The number of nitrogens with one attached hydrogen (secondary N) is 1. The van der Waals surface area contributed by atoms with Crippen LogP contribution in [0.25, 0.3) is 0 Å². The van der Waals surface area contributed by atoms with Gasteiger partial charge in [0, 0.05) is 6.92 Å². The van der Waals surface area contributed by atoms with Crippen LogP contribution in [0.4, 0.5) is 5.82 Å². The summed E-state index contributed by atoms with van der Waals surface area (Å²) in [6.07, 6.45) is -3.24. The Morgan fingerprint density at radius 1 is 1.55 bits per heavy atom. The molecule has 1 aromatic heterocycles. The average molecular weight is 335 g/mol. The highest BCUT2D eigenvalue weighted by Crippen LogP contribution is 2.63. The molecular weight excluding hydrogens is 325 g/mol. The molecule has 0 radical (unpaired) electrons. The standard InChI is InChI=1S/C9H10N3O9P/c1-3(14)18-8(4(15)2-13)12-6-5-7(10-9(12)16)20-22(17,19-5)21-11-6/h4,8,11,13,15H,2H2,1H3. The van der Waals surface area contributed by atoms with Crippen molar-refractivity contribution in [2.45, 2.75) is 19.3 Å². The number of carbonyl (C=O) groups excluding carboxylic acids is 1. The van der Waals surface area contributed by atoms with Crippen LogP contribution in [0.15, 0.2) is 4.79 Å². The van der Waals surface area contributed by atoms with E-state index in [0.29, 0.717) is 4.57 Å². The van der Waals surface area contributed by atoms with Crippen LogP contribution in [-0.2, 0) is 18.7 Å². The Bertz CT molecular complexity index is 747. The van der Waals surface area contributed by atoms with Gasteiger partial charge in [-0.05, 0) is 0 Å². The van der Waals surface area contributed by atoms with Crippen molar-refractivity contribution in [3.05, 3.63) is 10.5 Å². The molecule has 0 saturated carbocycles. The minimum Gasteiger partial charge on any atom is -0.438 e. The molecule has 0 saturated heterocycles. The molecule has 13 heteroatoms. The monoisotopic (exact) mass is 335 g/mol. The average Bonchev–Trinajstić information content (AvgIpc) is 2.74. The van der Waals surface area contributed by atoms with Gasteiger partial charge in [0.2, 0.25) is 12.0 Å². The van der Waals surface area contributed by atoms with Crippen LogP contribution in [0.3, 0.4) is 0 Å². The smallest absolute Gasteiger partial charge is 0.438 e. The van der Waals surface area contributed by atoms with E-state index in [9.17, 15) is 19.3 Å². The van der Waals surface area contributed by atoms with E-state index in [-0.39, 0.29) is 17.4 Å². The molecule has 2 aliphatic rings. The summed E-state index contributed by atoms with van der Waals surface area (Å²) in [6, 6.07) is 0. The van der Waals surface area contributed by atoms with Crippen molar-refractivity contribution < 1.29 is 38.0 Å². The van der Waals surface area contributed by atoms with E-state index >= 15 is 0 Å². The molecule has 0 amide bonds. The van der Waals surface area contributed by atoms with E-state index in [1.165, 1.54) is 0 Å². The summed E-state index contributed by atoms with van der Waals surface area (Å²) in [7, 11) is -3.93. The van der Waals surface area contributed by atoms with Gasteiger partial charge in [-0.3, -0.25) is 4.79 Å². The number of hydrogen-bond donors (Lipinski definition) is 3. The fourth-order valence-corrected chi connectivity index (χ4v) is 2.94. The fourth-order valence-electron chi connectivity index (χ4n) is 1.91. The van der Waals surface area contributed by atoms with E-state index in [0.717, 1.165) is 6.92 Å². The van der Waals surface area contributed by atoms with E-state index < -0.39 is 38.4 Å². The third kappa shape index (κ3) is 2.22. The lowest BCUT2D eigenvalue weighted by atomic mass is 10.3. The zero-order valence-electron chi connectivity index (χ0n) is 11.0. The van der Waals surface area contributed by atoms with E-state index in [2.05, 4.69) is 15.1 Å². The molecule has 0 aromatic carbocycles. The molecule has 3 N–H and O–H groups in total. The number of phosphoric acid groups is 1. The first kappa shape index (κ1) is 14.8. The zero-order chi connectivity index (χ0) is 16.1. The Kier molecular flexibility index (Phi) is 3.33. The topological polar surface area (TPSA) is 158 Å². The number of aliphatic hydroxyl groups is 2. The van der Waals surface area contributed by atoms with Crippen LogP contribution in [0, 0.1) is 0 Å². The number of esters is 1. The van der Waals surface area contributed by atoms with Crippen LogP contribution >= 0.6 is 7.82 Å². The Morgan fingerprint density at radius 3 is 2.91 bits per heavy atom. The third-order valence-electron chi connectivity index (χ3n) is 2.77. The Hall–Kier alpha value is -2.14. The second-order valence-corrected chi connectivity index (χ2v) is 5.76. The molecular formula is C9H10N3O9P. The summed E-state index contributed by atoms with van der Waals surface area (Å²) in [5.41, 5.74) is 1.16. The first-order valence-electron chi connectivity index (χ1n) is 5.91. The maximum Gasteiger partial charge on any atom is 0.611 e. The molecule has 12 nitrogen and oxygen atoms in total. The molecule has 2 aliphatic heterocycles. The predicted octanol–water partition coefficient (Wildman–Crippen LogP) is -1.11. The van der Waals surface area contributed by atoms with Crippen molar-refractivity contribution in [3.63, 3.8) is 0 Å². The molecule has 0 aliphatic carbocycles. The number of anilines is 1. The van der Waals surface area contributed by atoms with Crippen molar-refractivity contribution in [1.82, 2.24) is 9.55 Å². The van der Waals surface area contributed by atoms with E-state index in [4.69, 9.17) is 18.9 Å². The quantitative estimate of drug-likeness (QED) is 0.452. The second kappa shape index (κ2) is 4.95. The van der Waals surface area contributed by atoms with Crippen molar-refractivity contribution in [2.75, 3.05) is 12.1 Å². The molecule has 22 heavy (non-hydrogen) atoms. The van der Waals surface area contributed by atoms with Crippen molar-refractivity contribution in [3.8, 4) is 11.6 Å². The van der Waals surface area contributed by atoms with Gasteiger partial charge in [-0.2, -0.15) is 4.98 Å². The minimum absolute atomic E-state index is 0.198. The number of ether oxygens (including phenoxy) is 1. The summed E-state index contributed by atoms with van der Waals surface area (Å²) < 4.78 is 31.7. The van der Waals surface area contributed by atoms with E-state index in [1.807, 2.05) is 0 Å². The van der Waals surface area contributed by atoms with Gasteiger partial charge < -0.3 is 24.0 Å². The summed E-state index contributed by atoms with van der Waals surface area (Å²) in [5, 5.41) is 18.8. The number of aliphatic hydroxyl groups excluding tert-OH is 2. The molecule has 3 heterocycles. The summed E-state index contributed by atoms with van der Waals surface area (Å²) in [6.45, 7) is 0.240. The van der Waals surface area contributed by atoms with Gasteiger partial charge in [-0.25, -0.2) is 19.4 Å². The maximum absolute atomic E-state index is 12.1. The first-order valence-corrected chi connectivity index (χ1v) is 7.37. The number of phosphoric ester groups is 1. The molecule has 3 atom stereocenters. The molecule has 2 bridgehead atoms. The van der Waals surface area contributed by atoms with Crippen molar-refractivity contribution >= 4 is 19.6 Å². The summed E-state index contributed by atoms with van der Waals surface area (Å²) in [4.78, 5) is 26.7. The van der Waals surface area contributed by atoms with Gasteiger partial charge in [0.1, 0.15) is 6.10 Å². The molecule has 120 valence electrons. The molecule has 1 aromatic rings. The lowest BCUT2D eigenvalue weighted by Gasteiger charge is -2.26. The highest BCUT2D eigenvalue weighted by molar-refractivity contribution is 7.49. The van der Waals surface area contributed by atoms with Gasteiger partial charge in [0.25, 0.3) is 5.88 Å². The minimum atomic E-state index is -3.93. The highest BCUT2D eigenvalue weighted by atomic mass is 31.2. The van der Waals surface area contributed by atoms with Crippen LogP contribution in [0.2, 0.25) is 0 Å². The molecule has 3 rings (SSSR count). The first-order chi connectivity index (χ1) is 10.3. The predicted molar refractivity (Wildman–Crippen MR) is 66.0 cm³/mol. The lowest BCUT2D eigenvalue weighted by Crippen LogP contribution is -2.39. The fraction of sp³-hybridized carbons (Fsp3) is 0.444. The maximum atomic E-state index is 12.1. The number of fused-ring (bicyclic) bond motifs is 1. The third-order valence-corrected chi connectivity index (χ3v) is 3.88. The van der Waals surface area contributed by atoms with Gasteiger partial charge in [-0.15, -0.1) is 4.62 Å². The van der Waals surface area contributed by atoms with Gasteiger partial charge in [0.15, 0.2) is 5.82 Å². The zero-order valence-corrected chi connectivity index (χ0v) is 11.9. The van der Waals surface area contributed by atoms with Crippen molar-refractivity contribution in [2.24, 2.45) is 0 Å². The van der Waals surface area contributed by atoms with Gasteiger partial charge in [0.05, 0.1) is 6.61 Å². The second-order valence-electron chi connectivity index (χ2n) is 4.32. The van der Waals surface area contributed by atoms with Crippen LogP contribution in [0.1, 0.15) is 13.2 Å². The van der Waals surface area contributed by atoms with Crippen LogP contribution < -0.4 is 20.2 Å². The van der Waals surface area contributed by atoms with Crippen molar-refractivity contribution in [1.29, 1.82) is 0 Å². The largest absolute Gasteiger partial charge is 0.611 e. The summed E-state index contributed by atoms with van der Waals surface area (Å²) >= 11 is 0. The summed E-state index contributed by atoms with van der Waals surface area (Å²) in [5.74, 6) is -1.60. The number of nitrogens with zero attached hydrogens (tertiary/aromatic N) is 2. The number of rotatable bonds is 4. The molecule has 3 unspecified atom stereocenters. The lowest BCUT2D eigenvalue weighted by molar-refractivity contribution is -0.162. The number of aromatic nitrogens is 2. The van der Waals surface area contributed by atoms with Gasteiger partial charge in [-0.1, -0.05) is 0 Å². The Morgan fingerprint density at radius 2 is 2.27 bits per heavy atom. The SMILES string of the molecule is CC(=O)OC(C(O)CO)n1c2c3c(nc1=O)OP(=O)(ON2)O3. The van der Waals surface area contributed by atoms with Crippen LogP contribution in [0.5, 0.6) is 11.6 Å². The molecule has 0 fully saturated rings. The van der Waals surface area contributed by atoms with Gasteiger partial charge >= 0.3 is 19.5 Å². The molecule has 0 spiro atoms.